The number of carboxylic acid groups (broad SMARTS) is 1. The molecular formula is C16H15ClN2O2. The lowest BCUT2D eigenvalue weighted by Gasteiger charge is -2.29. The smallest absolute Gasteiger partial charge is 0.336 e. The van der Waals surface area contributed by atoms with Gasteiger partial charge in [0.05, 0.1) is 5.56 Å². The topological polar surface area (TPSA) is 53.4 Å². The second-order valence-corrected chi connectivity index (χ2v) is 5.56. The number of aromatic carboxylic acids is 1. The van der Waals surface area contributed by atoms with Crippen molar-refractivity contribution in [3.63, 3.8) is 0 Å². The summed E-state index contributed by atoms with van der Waals surface area (Å²) in [5.41, 5.74) is 3.08. The monoisotopic (exact) mass is 302 g/mol. The van der Waals surface area contributed by atoms with Crippen LogP contribution in [0.3, 0.4) is 0 Å². The average Bonchev–Trinajstić information content (AvgIpc) is 2.47. The summed E-state index contributed by atoms with van der Waals surface area (Å²) < 4.78 is 0. The van der Waals surface area contributed by atoms with Gasteiger partial charge in [0.15, 0.2) is 0 Å². The number of rotatable bonds is 3. The van der Waals surface area contributed by atoms with Crippen molar-refractivity contribution < 1.29 is 9.90 Å². The third-order valence-corrected chi connectivity index (χ3v) is 3.90. The fraction of sp³-hybridized carbons (Fsp3) is 0.250. The molecule has 1 N–H and O–H groups in total. The molecule has 0 unspecified atom stereocenters. The Hall–Kier alpha value is -1.91. The van der Waals surface area contributed by atoms with Gasteiger partial charge < -0.3 is 5.11 Å². The molecular weight excluding hydrogens is 288 g/mol. The van der Waals surface area contributed by atoms with Crippen molar-refractivity contribution in [1.29, 1.82) is 0 Å². The van der Waals surface area contributed by atoms with Crippen molar-refractivity contribution in [2.24, 2.45) is 0 Å². The Morgan fingerprint density at radius 3 is 2.81 bits per heavy atom. The van der Waals surface area contributed by atoms with Crippen molar-refractivity contribution in [3.05, 3.63) is 63.9 Å². The Morgan fingerprint density at radius 2 is 2.10 bits per heavy atom. The number of fused-ring (bicyclic) bond motifs is 1. The van der Waals surface area contributed by atoms with Gasteiger partial charge in [-0.2, -0.15) is 0 Å². The lowest BCUT2D eigenvalue weighted by molar-refractivity contribution is 0.0693. The van der Waals surface area contributed by atoms with Crippen LogP contribution in [0.5, 0.6) is 0 Å². The molecule has 3 rings (SSSR count). The highest BCUT2D eigenvalue weighted by atomic mass is 35.5. The van der Waals surface area contributed by atoms with E-state index >= 15 is 0 Å². The van der Waals surface area contributed by atoms with E-state index < -0.39 is 5.97 Å². The lowest BCUT2D eigenvalue weighted by Crippen LogP contribution is -2.32. The van der Waals surface area contributed by atoms with Gasteiger partial charge in [-0.1, -0.05) is 41.9 Å². The molecule has 108 valence electrons. The van der Waals surface area contributed by atoms with E-state index in [9.17, 15) is 9.90 Å². The summed E-state index contributed by atoms with van der Waals surface area (Å²) in [7, 11) is 0. The van der Waals surface area contributed by atoms with Crippen LogP contribution in [0, 0.1) is 0 Å². The van der Waals surface area contributed by atoms with Gasteiger partial charge in [-0.05, 0) is 11.6 Å². The molecule has 21 heavy (non-hydrogen) atoms. The predicted molar refractivity (Wildman–Crippen MR) is 80.5 cm³/mol. The Balaban J connectivity index is 1.86. The van der Waals surface area contributed by atoms with Crippen molar-refractivity contribution in [3.8, 4) is 0 Å². The third kappa shape index (κ3) is 3.06. The first-order valence-electron chi connectivity index (χ1n) is 6.81. The fourth-order valence-corrected chi connectivity index (χ4v) is 2.92. The normalized spacial score (nSPS) is 14.7. The number of pyridine rings is 1. The molecule has 0 bridgehead atoms. The molecule has 0 amide bonds. The van der Waals surface area contributed by atoms with Crippen LogP contribution in [0.2, 0.25) is 5.15 Å². The molecule has 2 heterocycles. The van der Waals surface area contributed by atoms with Gasteiger partial charge in [0.2, 0.25) is 0 Å². The number of nitrogens with zero attached hydrogens (tertiary/aromatic N) is 2. The van der Waals surface area contributed by atoms with E-state index in [0.717, 1.165) is 30.8 Å². The summed E-state index contributed by atoms with van der Waals surface area (Å²) in [6.45, 7) is 2.26. The summed E-state index contributed by atoms with van der Waals surface area (Å²) >= 11 is 5.90. The second kappa shape index (κ2) is 5.84. The zero-order valence-corrected chi connectivity index (χ0v) is 12.2. The van der Waals surface area contributed by atoms with Crippen molar-refractivity contribution in [2.45, 2.75) is 19.5 Å². The Bertz CT molecular complexity index is 673. The molecule has 0 radical (unpaired) electrons. The molecule has 0 spiro atoms. The minimum Gasteiger partial charge on any atom is -0.478 e. The lowest BCUT2D eigenvalue weighted by atomic mass is 9.99. The maximum atomic E-state index is 11.4. The van der Waals surface area contributed by atoms with Crippen LogP contribution in [0.15, 0.2) is 36.4 Å². The zero-order valence-electron chi connectivity index (χ0n) is 11.4. The maximum absolute atomic E-state index is 11.4. The van der Waals surface area contributed by atoms with Gasteiger partial charge in [-0.25, -0.2) is 9.78 Å². The number of hydrogen-bond acceptors (Lipinski definition) is 3. The zero-order chi connectivity index (χ0) is 14.8. The van der Waals surface area contributed by atoms with E-state index in [1.54, 1.807) is 0 Å². The van der Waals surface area contributed by atoms with E-state index in [1.807, 2.05) is 18.2 Å². The van der Waals surface area contributed by atoms with E-state index in [-0.39, 0.29) is 10.7 Å². The maximum Gasteiger partial charge on any atom is 0.336 e. The minimum atomic E-state index is -0.947. The summed E-state index contributed by atoms with van der Waals surface area (Å²) in [5, 5.41) is 9.59. The largest absolute Gasteiger partial charge is 0.478 e. The van der Waals surface area contributed by atoms with Crippen LogP contribution >= 0.6 is 11.6 Å². The number of carboxylic acids is 1. The van der Waals surface area contributed by atoms with Gasteiger partial charge in [0.1, 0.15) is 5.15 Å². The summed E-state index contributed by atoms with van der Waals surface area (Å²) in [6, 6.07) is 11.6. The Kier molecular flexibility index (Phi) is 3.90. The number of halogens is 1. The van der Waals surface area contributed by atoms with Crippen molar-refractivity contribution >= 4 is 17.6 Å². The van der Waals surface area contributed by atoms with Crippen LogP contribution in [0.25, 0.3) is 0 Å². The van der Waals surface area contributed by atoms with Crippen LogP contribution in [-0.2, 0) is 19.5 Å². The van der Waals surface area contributed by atoms with Crippen LogP contribution in [0.4, 0.5) is 0 Å². The molecule has 0 atom stereocenters. The Morgan fingerprint density at radius 1 is 1.33 bits per heavy atom. The molecule has 1 aromatic heterocycles. The number of benzene rings is 1. The van der Waals surface area contributed by atoms with Crippen LogP contribution in [0.1, 0.15) is 27.2 Å². The summed E-state index contributed by atoms with van der Waals surface area (Å²) in [5.74, 6) is -0.947. The van der Waals surface area contributed by atoms with E-state index in [4.69, 9.17) is 11.6 Å². The highest BCUT2D eigenvalue weighted by Crippen LogP contribution is 2.25. The van der Waals surface area contributed by atoms with E-state index in [0.29, 0.717) is 6.54 Å². The predicted octanol–water partition coefficient (Wildman–Crippen LogP) is 2.99. The average molecular weight is 303 g/mol. The second-order valence-electron chi connectivity index (χ2n) is 5.17. The van der Waals surface area contributed by atoms with Crippen LogP contribution in [-0.4, -0.2) is 27.5 Å². The quantitative estimate of drug-likeness (QED) is 0.886. The van der Waals surface area contributed by atoms with Gasteiger partial charge >= 0.3 is 5.97 Å². The Labute approximate surface area is 128 Å². The molecule has 0 saturated carbocycles. The molecule has 1 aliphatic heterocycles. The fourth-order valence-electron chi connectivity index (χ4n) is 2.71. The number of hydrogen-bond donors (Lipinski definition) is 1. The number of aromatic nitrogens is 1. The van der Waals surface area contributed by atoms with Gasteiger partial charge in [-0.3, -0.25) is 4.90 Å². The highest BCUT2D eigenvalue weighted by Gasteiger charge is 2.23. The van der Waals surface area contributed by atoms with Crippen molar-refractivity contribution in [1.82, 2.24) is 9.88 Å². The standard InChI is InChI=1S/C16H15ClN2O2/c17-15-8-12(16(20)21)13-10-19(7-6-14(13)18-15)9-11-4-2-1-3-5-11/h1-5,8H,6-7,9-10H2,(H,20,21). The molecule has 5 heteroatoms. The SMILES string of the molecule is O=C(O)c1cc(Cl)nc2c1CN(Cc1ccccc1)CC2. The first kappa shape index (κ1) is 14.0. The number of carbonyl (C=O) groups is 1. The summed E-state index contributed by atoms with van der Waals surface area (Å²) in [4.78, 5) is 17.9. The molecule has 0 saturated heterocycles. The van der Waals surface area contributed by atoms with Gasteiger partial charge in [0.25, 0.3) is 0 Å². The first-order chi connectivity index (χ1) is 10.1. The molecule has 1 aliphatic rings. The van der Waals surface area contributed by atoms with Gasteiger partial charge in [0, 0.05) is 37.3 Å². The van der Waals surface area contributed by atoms with E-state index in [2.05, 4.69) is 22.0 Å². The minimum absolute atomic E-state index is 0.252. The van der Waals surface area contributed by atoms with Crippen LogP contribution < -0.4 is 0 Å². The molecule has 0 fully saturated rings. The molecule has 0 aliphatic carbocycles. The molecule has 1 aromatic carbocycles. The first-order valence-corrected chi connectivity index (χ1v) is 7.19. The van der Waals surface area contributed by atoms with E-state index in [1.165, 1.54) is 11.6 Å². The molecule has 4 nitrogen and oxygen atoms in total. The summed E-state index contributed by atoms with van der Waals surface area (Å²) in [6.07, 6.45) is 0.725. The molecule has 2 aromatic rings. The third-order valence-electron chi connectivity index (χ3n) is 3.70. The van der Waals surface area contributed by atoms with Crippen molar-refractivity contribution in [2.75, 3.05) is 6.54 Å². The highest BCUT2D eigenvalue weighted by molar-refractivity contribution is 6.29. The van der Waals surface area contributed by atoms with Gasteiger partial charge in [-0.15, -0.1) is 0 Å².